The quantitative estimate of drug-likeness (QED) is 0.785. The molecule has 4 heterocycles. The maximum atomic E-state index is 12.9. The number of hydrogen-bond donors (Lipinski definition) is 0. The van der Waals surface area contributed by atoms with Crippen molar-refractivity contribution >= 4 is 5.91 Å². The molecule has 0 saturated carbocycles. The molecule has 0 aliphatic carbocycles. The summed E-state index contributed by atoms with van der Waals surface area (Å²) in [4.78, 5) is 24.5. The van der Waals surface area contributed by atoms with Gasteiger partial charge in [0, 0.05) is 58.2 Å². The number of aryl methyl sites for hydroxylation is 1. The fourth-order valence-electron chi connectivity index (χ4n) is 4.77. The summed E-state index contributed by atoms with van der Waals surface area (Å²) < 4.78 is 7.50. The molecule has 27 heavy (non-hydrogen) atoms. The third-order valence-corrected chi connectivity index (χ3v) is 6.48. The molecule has 1 amide bonds. The van der Waals surface area contributed by atoms with Crippen molar-refractivity contribution in [1.82, 2.24) is 24.3 Å². The smallest absolute Gasteiger partial charge is 0.227 e. The molecule has 1 atom stereocenters. The highest BCUT2D eigenvalue weighted by molar-refractivity contribution is 5.79. The average molecular weight is 376 g/mol. The van der Waals surface area contributed by atoms with E-state index < -0.39 is 0 Å². The maximum absolute atomic E-state index is 12.9. The Morgan fingerprint density at radius 1 is 1.15 bits per heavy atom. The minimum atomic E-state index is 0.183. The molecule has 1 aromatic heterocycles. The Morgan fingerprint density at radius 3 is 2.63 bits per heavy atom. The van der Waals surface area contributed by atoms with Crippen LogP contribution >= 0.6 is 0 Å². The third kappa shape index (κ3) is 4.52. The number of ether oxygens (including phenoxy) is 1. The maximum Gasteiger partial charge on any atom is 0.227 e. The number of rotatable bonds is 4. The lowest BCUT2D eigenvalue weighted by atomic mass is 9.92. The van der Waals surface area contributed by atoms with Crippen LogP contribution in [-0.4, -0.2) is 88.7 Å². The first kappa shape index (κ1) is 18.9. The van der Waals surface area contributed by atoms with Crippen molar-refractivity contribution in [2.45, 2.75) is 38.3 Å². The monoisotopic (exact) mass is 375 g/mol. The highest BCUT2D eigenvalue weighted by Gasteiger charge is 2.34. The van der Waals surface area contributed by atoms with Crippen LogP contribution < -0.4 is 0 Å². The summed E-state index contributed by atoms with van der Waals surface area (Å²) in [5.74, 6) is 1.68. The van der Waals surface area contributed by atoms with Crippen LogP contribution in [0.25, 0.3) is 0 Å². The van der Waals surface area contributed by atoms with Gasteiger partial charge in [0.25, 0.3) is 0 Å². The summed E-state index contributed by atoms with van der Waals surface area (Å²) in [7, 11) is 2.06. The van der Waals surface area contributed by atoms with Gasteiger partial charge < -0.3 is 14.2 Å². The molecular weight excluding hydrogens is 342 g/mol. The van der Waals surface area contributed by atoms with E-state index in [0.717, 1.165) is 64.5 Å². The van der Waals surface area contributed by atoms with E-state index in [9.17, 15) is 4.79 Å². The lowest BCUT2D eigenvalue weighted by Gasteiger charge is -2.43. The summed E-state index contributed by atoms with van der Waals surface area (Å²) in [6, 6.07) is 0.628. The SMILES string of the molecule is Cn1ccnc1CN1CCC(N2CCC[C@H](C(=O)N3CCOCC3)C2)CC1. The fraction of sp³-hybridized carbons (Fsp3) is 0.800. The largest absolute Gasteiger partial charge is 0.378 e. The molecule has 7 nitrogen and oxygen atoms in total. The number of piperidine rings is 2. The Morgan fingerprint density at radius 2 is 1.93 bits per heavy atom. The summed E-state index contributed by atoms with van der Waals surface area (Å²) in [6.45, 7) is 8.19. The molecule has 0 unspecified atom stereocenters. The number of aromatic nitrogens is 2. The second-order valence-corrected chi connectivity index (χ2v) is 8.23. The molecular formula is C20H33N5O2. The highest BCUT2D eigenvalue weighted by Crippen LogP contribution is 2.25. The predicted molar refractivity (Wildman–Crippen MR) is 103 cm³/mol. The lowest BCUT2D eigenvalue weighted by Crippen LogP contribution is -2.52. The first-order valence-corrected chi connectivity index (χ1v) is 10.5. The van der Waals surface area contributed by atoms with Crippen LogP contribution in [0, 0.1) is 5.92 Å². The Kier molecular flexibility index (Phi) is 6.10. The van der Waals surface area contributed by atoms with E-state index in [2.05, 4.69) is 26.4 Å². The summed E-state index contributed by atoms with van der Waals surface area (Å²) in [5, 5.41) is 0. The highest BCUT2D eigenvalue weighted by atomic mass is 16.5. The molecule has 0 bridgehead atoms. The van der Waals surface area contributed by atoms with Crippen molar-refractivity contribution in [1.29, 1.82) is 0 Å². The Balaban J connectivity index is 1.26. The lowest BCUT2D eigenvalue weighted by molar-refractivity contribution is -0.142. The molecule has 7 heteroatoms. The molecule has 0 spiro atoms. The number of nitrogens with zero attached hydrogens (tertiary/aromatic N) is 5. The molecule has 3 saturated heterocycles. The van der Waals surface area contributed by atoms with E-state index in [-0.39, 0.29) is 5.92 Å². The molecule has 0 aromatic carbocycles. The van der Waals surface area contributed by atoms with Crippen molar-refractivity contribution in [3.05, 3.63) is 18.2 Å². The van der Waals surface area contributed by atoms with Crippen molar-refractivity contribution in [3.63, 3.8) is 0 Å². The van der Waals surface area contributed by atoms with Crippen LogP contribution in [0.3, 0.4) is 0 Å². The molecule has 0 N–H and O–H groups in total. The Labute approximate surface area is 162 Å². The molecule has 150 valence electrons. The minimum Gasteiger partial charge on any atom is -0.378 e. The number of morpholine rings is 1. The number of hydrogen-bond acceptors (Lipinski definition) is 5. The standard InChI is InChI=1S/C20H33N5O2/c1-22-10-6-21-19(22)16-23-8-4-18(5-9-23)25-7-2-3-17(15-25)20(26)24-11-13-27-14-12-24/h6,10,17-18H,2-5,7-9,11-16H2,1H3/t17-/m0/s1. The van der Waals surface area contributed by atoms with Gasteiger partial charge in [-0.15, -0.1) is 0 Å². The second-order valence-electron chi connectivity index (χ2n) is 8.23. The molecule has 3 aliphatic rings. The van der Waals surface area contributed by atoms with Crippen LogP contribution in [0.2, 0.25) is 0 Å². The van der Waals surface area contributed by atoms with E-state index in [1.807, 2.05) is 17.3 Å². The van der Waals surface area contributed by atoms with E-state index in [0.29, 0.717) is 25.2 Å². The van der Waals surface area contributed by atoms with Gasteiger partial charge in [-0.2, -0.15) is 0 Å². The van der Waals surface area contributed by atoms with Gasteiger partial charge in [-0.3, -0.25) is 14.6 Å². The van der Waals surface area contributed by atoms with Crippen molar-refractivity contribution in [2.75, 3.05) is 52.5 Å². The van der Waals surface area contributed by atoms with E-state index >= 15 is 0 Å². The van der Waals surface area contributed by atoms with Crippen LogP contribution in [0.4, 0.5) is 0 Å². The zero-order valence-corrected chi connectivity index (χ0v) is 16.6. The van der Waals surface area contributed by atoms with Gasteiger partial charge in [0.15, 0.2) is 0 Å². The number of carbonyl (C=O) groups is 1. The minimum absolute atomic E-state index is 0.183. The molecule has 3 aliphatic heterocycles. The Bertz CT molecular complexity index is 620. The zero-order valence-electron chi connectivity index (χ0n) is 16.6. The zero-order chi connectivity index (χ0) is 18.6. The van der Waals surface area contributed by atoms with Gasteiger partial charge in [-0.1, -0.05) is 0 Å². The number of carbonyl (C=O) groups excluding carboxylic acids is 1. The topological polar surface area (TPSA) is 53.8 Å². The van der Waals surface area contributed by atoms with Crippen LogP contribution in [0.15, 0.2) is 12.4 Å². The van der Waals surface area contributed by atoms with E-state index in [4.69, 9.17) is 4.74 Å². The van der Waals surface area contributed by atoms with Crippen molar-refractivity contribution in [3.8, 4) is 0 Å². The molecule has 0 radical (unpaired) electrons. The summed E-state index contributed by atoms with van der Waals surface area (Å²) in [6.07, 6.45) is 8.48. The van der Waals surface area contributed by atoms with E-state index in [1.54, 1.807) is 0 Å². The van der Waals surface area contributed by atoms with Crippen LogP contribution in [0.5, 0.6) is 0 Å². The van der Waals surface area contributed by atoms with Gasteiger partial charge in [0.2, 0.25) is 5.91 Å². The normalized spacial score (nSPS) is 26.4. The fourth-order valence-corrected chi connectivity index (χ4v) is 4.77. The number of likely N-dealkylation sites (tertiary alicyclic amines) is 2. The first-order valence-electron chi connectivity index (χ1n) is 10.5. The second kappa shape index (κ2) is 8.71. The molecule has 1 aromatic rings. The number of amides is 1. The first-order chi connectivity index (χ1) is 13.2. The van der Waals surface area contributed by atoms with Gasteiger partial charge in [-0.05, 0) is 32.2 Å². The van der Waals surface area contributed by atoms with Gasteiger partial charge >= 0.3 is 0 Å². The van der Waals surface area contributed by atoms with Crippen LogP contribution in [0.1, 0.15) is 31.5 Å². The molecule has 4 rings (SSSR count). The molecule has 3 fully saturated rings. The van der Waals surface area contributed by atoms with Gasteiger partial charge in [-0.25, -0.2) is 4.98 Å². The van der Waals surface area contributed by atoms with Crippen molar-refractivity contribution < 1.29 is 9.53 Å². The Hall–Kier alpha value is -1.44. The third-order valence-electron chi connectivity index (χ3n) is 6.48. The van der Waals surface area contributed by atoms with Crippen LogP contribution in [-0.2, 0) is 23.1 Å². The summed E-state index contributed by atoms with van der Waals surface area (Å²) >= 11 is 0. The van der Waals surface area contributed by atoms with Gasteiger partial charge in [0.05, 0.1) is 25.7 Å². The predicted octanol–water partition coefficient (Wildman–Crippen LogP) is 0.955. The number of imidazole rings is 1. The average Bonchev–Trinajstić information content (AvgIpc) is 3.13. The summed E-state index contributed by atoms with van der Waals surface area (Å²) in [5.41, 5.74) is 0. The van der Waals surface area contributed by atoms with Gasteiger partial charge in [0.1, 0.15) is 5.82 Å². The van der Waals surface area contributed by atoms with Crippen molar-refractivity contribution in [2.24, 2.45) is 13.0 Å². The van der Waals surface area contributed by atoms with E-state index in [1.165, 1.54) is 12.8 Å².